The van der Waals surface area contributed by atoms with E-state index in [0.717, 1.165) is 10.0 Å². The van der Waals surface area contributed by atoms with Gasteiger partial charge in [0.1, 0.15) is 5.75 Å². The Morgan fingerprint density at radius 3 is 2.50 bits per heavy atom. The average molecular weight is 585 g/mol. The molecule has 0 aliphatic rings. The van der Waals surface area contributed by atoms with Gasteiger partial charge in [0.2, 0.25) is 0 Å². The molecule has 1 amide bonds. The zero-order valence-corrected chi connectivity index (χ0v) is 21.3. The summed E-state index contributed by atoms with van der Waals surface area (Å²) >= 11 is 6.71. The van der Waals surface area contributed by atoms with E-state index >= 15 is 0 Å². The molecule has 4 rings (SSSR count). The fourth-order valence-electron chi connectivity index (χ4n) is 3.34. The molecule has 0 radical (unpaired) electrons. The Kier molecular flexibility index (Phi) is 7.14. The highest BCUT2D eigenvalue weighted by molar-refractivity contribution is 9.10. The number of carbonyl (C=O) groups excluding carboxylic acids is 1. The summed E-state index contributed by atoms with van der Waals surface area (Å²) in [6, 6.07) is 18.1. The minimum absolute atomic E-state index is 0.0126. The molecule has 0 atom stereocenters. The van der Waals surface area contributed by atoms with Gasteiger partial charge in [-0.25, -0.2) is 10.4 Å². The molecule has 34 heavy (non-hydrogen) atoms. The molecule has 0 bridgehead atoms. The highest BCUT2D eigenvalue weighted by Gasteiger charge is 2.15. The number of phenols is 1. The van der Waals surface area contributed by atoms with E-state index in [4.69, 9.17) is 14.5 Å². The smallest absolute Gasteiger partial charge is 0.272 e. The first kappa shape index (κ1) is 23.7. The van der Waals surface area contributed by atoms with Crippen LogP contribution in [-0.4, -0.2) is 36.4 Å². The van der Waals surface area contributed by atoms with Gasteiger partial charge in [-0.15, -0.1) is 0 Å². The molecule has 0 fully saturated rings. The predicted octanol–water partition coefficient (Wildman–Crippen LogP) is 5.91. The van der Waals surface area contributed by atoms with Crippen LogP contribution in [0, 0.1) is 0 Å². The third-order valence-electron chi connectivity index (χ3n) is 5.05. The van der Waals surface area contributed by atoms with Gasteiger partial charge >= 0.3 is 0 Å². The molecule has 0 aliphatic heterocycles. The number of hydrazone groups is 1. The molecule has 7 nitrogen and oxygen atoms in total. The Balaban J connectivity index is 1.70. The molecule has 3 aromatic carbocycles. The molecule has 0 spiro atoms. The average Bonchev–Trinajstić information content (AvgIpc) is 2.85. The number of hydrogen-bond acceptors (Lipinski definition) is 6. The van der Waals surface area contributed by atoms with Crippen LogP contribution in [0.3, 0.4) is 0 Å². The summed E-state index contributed by atoms with van der Waals surface area (Å²) in [5, 5.41) is 14.7. The standard InChI is InChI=1S/C25H19Br2N3O4/c1-33-17-7-8-21-18(11-17)19(12-22(29-21)15-3-5-16(26)6-4-15)25(32)30-28-13-14-9-20(27)24(31)23(10-14)34-2/h3-13,31H,1-2H3,(H,30,32)/b28-13+. The lowest BCUT2D eigenvalue weighted by Crippen LogP contribution is -2.18. The number of nitrogens with zero attached hydrogens (tertiary/aromatic N) is 2. The summed E-state index contributed by atoms with van der Waals surface area (Å²) in [4.78, 5) is 17.9. The molecule has 0 unspecified atom stereocenters. The van der Waals surface area contributed by atoms with Crippen molar-refractivity contribution in [2.45, 2.75) is 0 Å². The number of ether oxygens (including phenoxy) is 2. The number of amides is 1. The van der Waals surface area contributed by atoms with Crippen molar-refractivity contribution in [3.63, 3.8) is 0 Å². The zero-order chi connectivity index (χ0) is 24.2. The molecule has 1 heterocycles. The van der Waals surface area contributed by atoms with Crippen LogP contribution in [-0.2, 0) is 0 Å². The van der Waals surface area contributed by atoms with E-state index in [1.165, 1.54) is 13.3 Å². The molecule has 0 saturated heterocycles. The SMILES string of the molecule is COc1ccc2nc(-c3ccc(Br)cc3)cc(C(=O)N/N=C/c3cc(Br)c(O)c(OC)c3)c2c1. The number of fused-ring (bicyclic) bond motifs is 1. The van der Waals surface area contributed by atoms with Crippen molar-refractivity contribution in [3.05, 3.63) is 80.7 Å². The second kappa shape index (κ2) is 10.2. The van der Waals surface area contributed by atoms with Gasteiger partial charge in [-0.2, -0.15) is 5.10 Å². The quantitative estimate of drug-likeness (QED) is 0.217. The lowest BCUT2D eigenvalue weighted by molar-refractivity contribution is 0.0956. The summed E-state index contributed by atoms with van der Waals surface area (Å²) in [6.45, 7) is 0. The maximum atomic E-state index is 13.2. The molecule has 9 heteroatoms. The number of methoxy groups -OCH3 is 2. The van der Waals surface area contributed by atoms with Crippen LogP contribution in [0.5, 0.6) is 17.2 Å². The summed E-state index contributed by atoms with van der Waals surface area (Å²) in [5.41, 5.74) is 5.79. The minimum Gasteiger partial charge on any atom is -0.503 e. The molecule has 2 N–H and O–H groups in total. The van der Waals surface area contributed by atoms with Gasteiger partial charge in [-0.1, -0.05) is 28.1 Å². The Hall–Kier alpha value is -3.43. The highest BCUT2D eigenvalue weighted by atomic mass is 79.9. The largest absolute Gasteiger partial charge is 0.503 e. The highest BCUT2D eigenvalue weighted by Crippen LogP contribution is 2.34. The number of nitrogens with one attached hydrogen (secondary N) is 1. The molecular weight excluding hydrogens is 566 g/mol. The van der Waals surface area contributed by atoms with Crippen molar-refractivity contribution in [1.82, 2.24) is 10.4 Å². The number of aromatic hydroxyl groups is 1. The van der Waals surface area contributed by atoms with Crippen molar-refractivity contribution in [3.8, 4) is 28.5 Å². The number of halogens is 2. The third-order valence-corrected chi connectivity index (χ3v) is 6.18. The first-order chi connectivity index (χ1) is 16.4. The van der Waals surface area contributed by atoms with E-state index in [0.29, 0.717) is 37.9 Å². The maximum absolute atomic E-state index is 13.2. The van der Waals surface area contributed by atoms with Gasteiger partial charge in [-0.05, 0) is 70.0 Å². The number of carbonyl (C=O) groups is 1. The zero-order valence-electron chi connectivity index (χ0n) is 18.2. The fourth-order valence-corrected chi connectivity index (χ4v) is 4.06. The van der Waals surface area contributed by atoms with Gasteiger partial charge in [0.15, 0.2) is 11.5 Å². The van der Waals surface area contributed by atoms with Gasteiger partial charge in [0, 0.05) is 15.4 Å². The molecule has 4 aromatic rings. The Bertz CT molecular complexity index is 1410. The van der Waals surface area contributed by atoms with Crippen molar-refractivity contribution in [1.29, 1.82) is 0 Å². The van der Waals surface area contributed by atoms with Gasteiger partial charge < -0.3 is 14.6 Å². The van der Waals surface area contributed by atoms with Crippen molar-refractivity contribution in [2.24, 2.45) is 5.10 Å². The Labute approximate surface area is 212 Å². The lowest BCUT2D eigenvalue weighted by Gasteiger charge is -2.10. The summed E-state index contributed by atoms with van der Waals surface area (Å²) < 4.78 is 11.9. The summed E-state index contributed by atoms with van der Waals surface area (Å²) in [6.07, 6.45) is 1.46. The third kappa shape index (κ3) is 5.05. The van der Waals surface area contributed by atoms with Crippen LogP contribution in [0.25, 0.3) is 22.2 Å². The molecule has 0 saturated carbocycles. The van der Waals surface area contributed by atoms with E-state index in [1.807, 2.05) is 30.3 Å². The number of rotatable bonds is 6. The summed E-state index contributed by atoms with van der Waals surface area (Å²) in [5.74, 6) is 0.485. The number of aromatic nitrogens is 1. The van der Waals surface area contributed by atoms with Crippen LogP contribution < -0.4 is 14.9 Å². The second-order valence-electron chi connectivity index (χ2n) is 7.20. The Morgan fingerprint density at radius 1 is 1.03 bits per heavy atom. The number of pyridine rings is 1. The van der Waals surface area contributed by atoms with Gasteiger partial charge in [-0.3, -0.25) is 4.79 Å². The Morgan fingerprint density at radius 2 is 1.79 bits per heavy atom. The van der Waals surface area contributed by atoms with Crippen molar-refractivity contribution in [2.75, 3.05) is 14.2 Å². The number of phenolic OH excluding ortho intramolecular Hbond substituents is 1. The molecule has 172 valence electrons. The molecule has 0 aliphatic carbocycles. The number of hydrogen-bond donors (Lipinski definition) is 2. The van der Waals surface area contributed by atoms with Crippen LogP contribution in [0.1, 0.15) is 15.9 Å². The van der Waals surface area contributed by atoms with E-state index in [9.17, 15) is 9.90 Å². The predicted molar refractivity (Wildman–Crippen MR) is 139 cm³/mol. The minimum atomic E-state index is -0.403. The summed E-state index contributed by atoms with van der Waals surface area (Å²) in [7, 11) is 3.02. The van der Waals surface area contributed by atoms with E-state index < -0.39 is 5.91 Å². The van der Waals surface area contributed by atoms with E-state index in [1.54, 1.807) is 37.4 Å². The lowest BCUT2D eigenvalue weighted by atomic mass is 10.0. The van der Waals surface area contributed by atoms with Crippen LogP contribution in [0.15, 0.2) is 74.7 Å². The molecular formula is C25H19Br2N3O4. The van der Waals surface area contributed by atoms with Crippen molar-refractivity contribution >= 4 is 54.9 Å². The molecule has 1 aromatic heterocycles. The van der Waals surface area contributed by atoms with Crippen LogP contribution >= 0.6 is 31.9 Å². The normalized spacial score (nSPS) is 11.1. The topological polar surface area (TPSA) is 93.0 Å². The second-order valence-corrected chi connectivity index (χ2v) is 8.97. The van der Waals surface area contributed by atoms with Gasteiger partial charge in [0.25, 0.3) is 5.91 Å². The van der Waals surface area contributed by atoms with Crippen LogP contribution in [0.2, 0.25) is 0 Å². The van der Waals surface area contributed by atoms with Gasteiger partial charge in [0.05, 0.1) is 41.7 Å². The first-order valence-corrected chi connectivity index (χ1v) is 11.6. The number of benzene rings is 3. The fraction of sp³-hybridized carbons (Fsp3) is 0.0800. The monoisotopic (exact) mass is 583 g/mol. The van der Waals surface area contributed by atoms with E-state index in [2.05, 4.69) is 42.4 Å². The van der Waals surface area contributed by atoms with Crippen molar-refractivity contribution < 1.29 is 19.4 Å². The maximum Gasteiger partial charge on any atom is 0.272 e. The van der Waals surface area contributed by atoms with Crippen LogP contribution in [0.4, 0.5) is 0 Å². The first-order valence-electron chi connectivity index (χ1n) is 10.0. The van der Waals surface area contributed by atoms with E-state index in [-0.39, 0.29) is 11.5 Å².